The predicted molar refractivity (Wildman–Crippen MR) is 83.0 cm³/mol. The summed E-state index contributed by atoms with van der Waals surface area (Å²) in [5, 5.41) is 16.5. The Balaban J connectivity index is 2.12. The van der Waals surface area contributed by atoms with Crippen LogP contribution in [-0.4, -0.2) is 21.9 Å². The molecule has 3 rings (SSSR count). The average molecular weight is 306 g/mol. The van der Waals surface area contributed by atoms with Crippen LogP contribution in [0.4, 0.5) is 5.95 Å². The number of anilines is 1. The minimum absolute atomic E-state index is 0.300. The SMILES string of the molecule is [C-]#[N+]C1=C(C)Nc2nc(COC)nn2C1c1ccc(C#N)cc1. The number of ether oxygens (including phenoxy) is 1. The van der Waals surface area contributed by atoms with Crippen molar-refractivity contribution in [2.45, 2.75) is 19.6 Å². The molecule has 114 valence electrons. The number of hydrogen-bond donors (Lipinski definition) is 1. The number of allylic oxidation sites excluding steroid dienone is 2. The van der Waals surface area contributed by atoms with Gasteiger partial charge in [-0.2, -0.15) is 15.3 Å². The first-order chi connectivity index (χ1) is 11.2. The monoisotopic (exact) mass is 306 g/mol. The minimum atomic E-state index is -0.366. The molecule has 1 atom stereocenters. The highest BCUT2D eigenvalue weighted by Gasteiger charge is 2.31. The zero-order valence-corrected chi connectivity index (χ0v) is 12.7. The van der Waals surface area contributed by atoms with Gasteiger partial charge >= 0.3 is 0 Å². The third-order valence-corrected chi connectivity index (χ3v) is 3.61. The number of rotatable bonds is 3. The van der Waals surface area contributed by atoms with Crippen molar-refractivity contribution in [2.24, 2.45) is 0 Å². The van der Waals surface area contributed by atoms with Gasteiger partial charge in [0, 0.05) is 12.8 Å². The van der Waals surface area contributed by atoms with Crippen molar-refractivity contribution in [3.8, 4) is 6.07 Å². The number of hydrogen-bond acceptors (Lipinski definition) is 5. The van der Waals surface area contributed by atoms with Gasteiger partial charge in [0.05, 0.1) is 18.2 Å². The zero-order chi connectivity index (χ0) is 16.4. The van der Waals surface area contributed by atoms with Crippen LogP contribution < -0.4 is 5.32 Å². The van der Waals surface area contributed by atoms with E-state index in [1.165, 1.54) is 0 Å². The van der Waals surface area contributed by atoms with Gasteiger partial charge in [0.25, 0.3) is 0 Å². The number of nitriles is 1. The van der Waals surface area contributed by atoms with Crippen LogP contribution in [0.1, 0.15) is 29.9 Å². The van der Waals surface area contributed by atoms with E-state index in [0.29, 0.717) is 29.6 Å². The predicted octanol–water partition coefficient (Wildman–Crippen LogP) is 2.46. The Morgan fingerprint density at radius 1 is 1.43 bits per heavy atom. The third kappa shape index (κ3) is 2.54. The van der Waals surface area contributed by atoms with Crippen molar-refractivity contribution in [3.63, 3.8) is 0 Å². The van der Waals surface area contributed by atoms with Crippen LogP contribution in [-0.2, 0) is 11.3 Å². The van der Waals surface area contributed by atoms with E-state index in [0.717, 1.165) is 11.3 Å². The molecule has 7 nitrogen and oxygen atoms in total. The summed E-state index contributed by atoms with van der Waals surface area (Å²) >= 11 is 0. The number of benzene rings is 1. The third-order valence-electron chi connectivity index (χ3n) is 3.61. The van der Waals surface area contributed by atoms with E-state index in [-0.39, 0.29) is 6.04 Å². The summed E-state index contributed by atoms with van der Waals surface area (Å²) in [4.78, 5) is 8.06. The highest BCUT2D eigenvalue weighted by atomic mass is 16.5. The van der Waals surface area contributed by atoms with Crippen molar-refractivity contribution >= 4 is 5.95 Å². The molecule has 0 radical (unpaired) electrons. The Labute approximate surface area is 133 Å². The molecule has 23 heavy (non-hydrogen) atoms. The molecule has 1 aromatic heterocycles. The summed E-state index contributed by atoms with van der Waals surface area (Å²) in [6.07, 6.45) is 0. The fourth-order valence-electron chi connectivity index (χ4n) is 2.56. The molecule has 1 N–H and O–H groups in total. The van der Waals surface area contributed by atoms with Gasteiger partial charge < -0.3 is 10.1 Å². The summed E-state index contributed by atoms with van der Waals surface area (Å²) in [6.45, 7) is 9.65. The average Bonchev–Trinajstić information content (AvgIpc) is 2.96. The molecule has 2 heterocycles. The maximum absolute atomic E-state index is 8.94. The Morgan fingerprint density at radius 2 is 2.17 bits per heavy atom. The summed E-state index contributed by atoms with van der Waals surface area (Å²) in [5.74, 6) is 1.13. The fourth-order valence-corrected chi connectivity index (χ4v) is 2.56. The second-order valence-corrected chi connectivity index (χ2v) is 5.11. The van der Waals surface area contributed by atoms with E-state index < -0.39 is 0 Å². The molecule has 1 aromatic carbocycles. The van der Waals surface area contributed by atoms with E-state index in [1.807, 2.05) is 19.1 Å². The molecule has 0 spiro atoms. The standard InChI is InChI=1S/C16H14N6O/c1-10-14(18-2)15(12-6-4-11(8-17)5-7-12)22-16(19-10)20-13(21-22)9-23-3/h4-7,15H,9H2,1,3H3,(H,19,20,21). The second kappa shape index (κ2) is 5.91. The maximum atomic E-state index is 8.94. The number of nitrogens with zero attached hydrogens (tertiary/aromatic N) is 5. The lowest BCUT2D eigenvalue weighted by Gasteiger charge is -2.25. The Bertz CT molecular complexity index is 850. The van der Waals surface area contributed by atoms with Crippen molar-refractivity contribution in [3.05, 3.63) is 64.0 Å². The highest BCUT2D eigenvalue weighted by Crippen LogP contribution is 2.35. The lowest BCUT2D eigenvalue weighted by Crippen LogP contribution is -2.23. The van der Waals surface area contributed by atoms with E-state index in [1.54, 1.807) is 23.9 Å². The largest absolute Gasteiger partial charge is 0.377 e. The molecule has 0 bridgehead atoms. The molecule has 0 saturated heterocycles. The van der Waals surface area contributed by atoms with E-state index in [9.17, 15) is 0 Å². The van der Waals surface area contributed by atoms with E-state index in [4.69, 9.17) is 16.6 Å². The summed E-state index contributed by atoms with van der Waals surface area (Å²) < 4.78 is 6.77. The normalized spacial score (nSPS) is 16.3. The summed E-state index contributed by atoms with van der Waals surface area (Å²) in [5.41, 5.74) is 2.76. The van der Waals surface area contributed by atoms with Gasteiger partial charge in [0.2, 0.25) is 11.6 Å². The topological polar surface area (TPSA) is 80.1 Å². The van der Waals surface area contributed by atoms with E-state index >= 15 is 0 Å². The zero-order valence-electron chi connectivity index (χ0n) is 12.7. The molecule has 1 aliphatic heterocycles. The first-order valence-corrected chi connectivity index (χ1v) is 6.97. The Morgan fingerprint density at radius 3 is 2.78 bits per heavy atom. The van der Waals surface area contributed by atoms with Crippen molar-refractivity contribution in [2.75, 3.05) is 12.4 Å². The molecule has 0 saturated carbocycles. The number of aromatic nitrogens is 3. The second-order valence-electron chi connectivity index (χ2n) is 5.11. The molecule has 7 heteroatoms. The van der Waals surface area contributed by atoms with Crippen LogP contribution in [0.3, 0.4) is 0 Å². The highest BCUT2D eigenvalue weighted by molar-refractivity contribution is 5.49. The first kappa shape index (κ1) is 14.8. The summed E-state index contributed by atoms with van der Waals surface area (Å²) in [6, 6.07) is 8.89. The fraction of sp³-hybridized carbons (Fsp3) is 0.250. The van der Waals surface area contributed by atoms with Crippen molar-refractivity contribution in [1.29, 1.82) is 5.26 Å². The smallest absolute Gasteiger partial charge is 0.224 e. The van der Waals surface area contributed by atoms with Crippen LogP contribution in [0.15, 0.2) is 35.7 Å². The van der Waals surface area contributed by atoms with Crippen LogP contribution >= 0.6 is 0 Å². The quantitative estimate of drug-likeness (QED) is 0.881. The molecule has 0 aliphatic carbocycles. The summed E-state index contributed by atoms with van der Waals surface area (Å²) in [7, 11) is 1.58. The van der Waals surface area contributed by atoms with Gasteiger partial charge in [0.15, 0.2) is 5.82 Å². The molecule has 1 unspecified atom stereocenters. The van der Waals surface area contributed by atoms with E-state index in [2.05, 4.69) is 26.3 Å². The first-order valence-electron chi connectivity index (χ1n) is 6.97. The van der Waals surface area contributed by atoms with Gasteiger partial charge in [-0.15, -0.1) is 0 Å². The lowest BCUT2D eigenvalue weighted by atomic mass is 10.0. The van der Waals surface area contributed by atoms with Gasteiger partial charge in [-0.1, -0.05) is 12.1 Å². The minimum Gasteiger partial charge on any atom is -0.377 e. The molecular weight excluding hydrogens is 292 g/mol. The Kier molecular flexibility index (Phi) is 3.80. The maximum Gasteiger partial charge on any atom is 0.224 e. The number of fused-ring (bicyclic) bond motifs is 1. The molecule has 0 amide bonds. The molecule has 1 aliphatic rings. The van der Waals surface area contributed by atoms with Gasteiger partial charge in [-0.05, 0) is 24.6 Å². The molecule has 2 aromatic rings. The number of nitrogens with one attached hydrogen (secondary N) is 1. The van der Waals surface area contributed by atoms with Gasteiger partial charge in [-0.3, -0.25) is 0 Å². The van der Waals surface area contributed by atoms with Crippen LogP contribution in [0.25, 0.3) is 4.85 Å². The van der Waals surface area contributed by atoms with Crippen molar-refractivity contribution in [1.82, 2.24) is 14.8 Å². The number of methoxy groups -OCH3 is 1. The van der Waals surface area contributed by atoms with Crippen LogP contribution in [0.5, 0.6) is 0 Å². The Hall–Kier alpha value is -3.16. The van der Waals surface area contributed by atoms with Gasteiger partial charge in [-0.25, -0.2) is 9.53 Å². The molecule has 0 fully saturated rings. The molecular formula is C16H14N6O. The van der Waals surface area contributed by atoms with Gasteiger partial charge in [0.1, 0.15) is 12.6 Å². The van der Waals surface area contributed by atoms with Crippen LogP contribution in [0, 0.1) is 17.9 Å². The van der Waals surface area contributed by atoms with Crippen LogP contribution in [0.2, 0.25) is 0 Å². The van der Waals surface area contributed by atoms with Crippen molar-refractivity contribution < 1.29 is 4.74 Å². The lowest BCUT2D eigenvalue weighted by molar-refractivity contribution is 0.177.